The Balaban J connectivity index is 2.37. The number of carbonyl (C=O) groups is 1. The number of ketones is 1. The van der Waals surface area contributed by atoms with Crippen LogP contribution >= 0.6 is 0 Å². The lowest BCUT2D eigenvalue weighted by atomic mass is 9.60. The molecular formula is C12H15NO. The third-order valence-corrected chi connectivity index (χ3v) is 3.82. The van der Waals surface area contributed by atoms with Crippen LogP contribution in [-0.4, -0.2) is 5.78 Å². The molecule has 0 heterocycles. The molecule has 0 unspecified atom stereocenters. The van der Waals surface area contributed by atoms with Crippen molar-refractivity contribution in [3.63, 3.8) is 0 Å². The van der Waals surface area contributed by atoms with Gasteiger partial charge in [-0.2, -0.15) is 5.26 Å². The second-order valence-corrected chi connectivity index (χ2v) is 4.63. The van der Waals surface area contributed by atoms with Gasteiger partial charge in [-0.05, 0) is 31.8 Å². The van der Waals surface area contributed by atoms with E-state index in [1.807, 2.05) is 0 Å². The van der Waals surface area contributed by atoms with Crippen molar-refractivity contribution in [1.29, 1.82) is 5.26 Å². The van der Waals surface area contributed by atoms with E-state index in [1.54, 1.807) is 6.08 Å². The molecular weight excluding hydrogens is 174 g/mol. The summed E-state index contributed by atoms with van der Waals surface area (Å²) in [6, 6.07) is 2.41. The molecule has 2 atom stereocenters. The Kier molecular flexibility index (Phi) is 2.19. The van der Waals surface area contributed by atoms with Gasteiger partial charge >= 0.3 is 0 Å². The van der Waals surface area contributed by atoms with E-state index in [1.165, 1.54) is 5.57 Å². The number of hydrogen-bond acceptors (Lipinski definition) is 2. The van der Waals surface area contributed by atoms with Crippen molar-refractivity contribution >= 4 is 5.78 Å². The molecule has 2 heteroatoms. The summed E-state index contributed by atoms with van der Waals surface area (Å²) in [6.07, 6.45) is 6.37. The summed E-state index contributed by atoms with van der Waals surface area (Å²) in [5.74, 6) is 0.367. The Morgan fingerprint density at radius 1 is 1.57 bits per heavy atom. The monoisotopic (exact) mass is 189 g/mol. The van der Waals surface area contributed by atoms with E-state index in [0.717, 1.165) is 25.7 Å². The maximum atomic E-state index is 11.3. The lowest BCUT2D eigenvalue weighted by Gasteiger charge is -2.42. The summed E-state index contributed by atoms with van der Waals surface area (Å²) in [7, 11) is 0. The number of fused-ring (bicyclic) bond motifs is 1. The van der Waals surface area contributed by atoms with Crippen molar-refractivity contribution in [2.24, 2.45) is 11.3 Å². The summed E-state index contributed by atoms with van der Waals surface area (Å²) >= 11 is 0. The van der Waals surface area contributed by atoms with Crippen LogP contribution in [0.2, 0.25) is 0 Å². The topological polar surface area (TPSA) is 40.9 Å². The maximum absolute atomic E-state index is 11.3. The fourth-order valence-corrected chi connectivity index (χ4v) is 2.75. The Labute approximate surface area is 84.6 Å². The van der Waals surface area contributed by atoms with Gasteiger partial charge in [0, 0.05) is 11.8 Å². The molecule has 2 aliphatic carbocycles. The zero-order valence-corrected chi connectivity index (χ0v) is 8.55. The van der Waals surface area contributed by atoms with E-state index in [9.17, 15) is 4.79 Å². The van der Waals surface area contributed by atoms with E-state index in [0.29, 0.717) is 6.42 Å². The highest BCUT2D eigenvalue weighted by molar-refractivity contribution is 5.91. The molecule has 0 aliphatic heterocycles. The minimum atomic E-state index is 0.000903. The highest BCUT2D eigenvalue weighted by Gasteiger charge is 2.42. The molecule has 0 amide bonds. The van der Waals surface area contributed by atoms with E-state index < -0.39 is 0 Å². The molecule has 14 heavy (non-hydrogen) atoms. The molecule has 0 aromatic carbocycles. The zero-order valence-electron chi connectivity index (χ0n) is 8.55. The predicted octanol–water partition coefficient (Wildman–Crippen LogP) is 2.61. The van der Waals surface area contributed by atoms with Gasteiger partial charge in [0.1, 0.15) is 0 Å². The van der Waals surface area contributed by atoms with Crippen molar-refractivity contribution in [3.8, 4) is 6.07 Å². The summed E-state index contributed by atoms with van der Waals surface area (Å²) in [5.41, 5.74) is 1.23. The first-order valence-corrected chi connectivity index (χ1v) is 5.30. The Hall–Kier alpha value is -1.10. The molecule has 0 aromatic heterocycles. The molecule has 0 bridgehead atoms. The van der Waals surface area contributed by atoms with Crippen molar-refractivity contribution in [3.05, 3.63) is 11.6 Å². The van der Waals surface area contributed by atoms with Gasteiger partial charge in [-0.1, -0.05) is 12.5 Å². The molecule has 2 aliphatic rings. The van der Waals surface area contributed by atoms with Gasteiger partial charge in [-0.3, -0.25) is 4.79 Å². The molecule has 0 aromatic rings. The van der Waals surface area contributed by atoms with E-state index in [4.69, 9.17) is 5.26 Å². The highest BCUT2D eigenvalue weighted by Crippen LogP contribution is 2.49. The molecule has 74 valence electrons. The highest BCUT2D eigenvalue weighted by atomic mass is 16.1. The van der Waals surface area contributed by atoms with E-state index in [-0.39, 0.29) is 17.1 Å². The number of nitrogens with zero attached hydrogens (tertiary/aromatic N) is 1. The van der Waals surface area contributed by atoms with Crippen LogP contribution in [0.1, 0.15) is 39.0 Å². The fraction of sp³-hybridized carbons (Fsp3) is 0.667. The van der Waals surface area contributed by atoms with Crippen LogP contribution in [0.3, 0.4) is 0 Å². The molecule has 1 saturated carbocycles. The molecule has 1 fully saturated rings. The average Bonchev–Trinajstić information content (AvgIpc) is 2.18. The standard InChI is InChI=1S/C12H15NO/c1-12-6-5-11(14)7-9(12)3-2-4-10(12)8-13/h7,10H,2-6H2,1H3/t10-,12+/m0/s1. The zero-order chi connectivity index (χ0) is 10.2. The lowest BCUT2D eigenvalue weighted by Crippen LogP contribution is -2.35. The van der Waals surface area contributed by atoms with E-state index >= 15 is 0 Å². The molecule has 0 saturated heterocycles. The van der Waals surface area contributed by atoms with Crippen LogP contribution in [0.4, 0.5) is 0 Å². The Morgan fingerprint density at radius 3 is 3.07 bits per heavy atom. The van der Waals surface area contributed by atoms with Crippen LogP contribution in [0.15, 0.2) is 11.6 Å². The van der Waals surface area contributed by atoms with Crippen molar-refractivity contribution < 1.29 is 4.79 Å². The minimum absolute atomic E-state index is 0.000903. The maximum Gasteiger partial charge on any atom is 0.155 e. The largest absolute Gasteiger partial charge is 0.295 e. The van der Waals surface area contributed by atoms with Crippen LogP contribution in [0.5, 0.6) is 0 Å². The summed E-state index contributed by atoms with van der Waals surface area (Å²) in [4.78, 5) is 11.3. The van der Waals surface area contributed by atoms with Gasteiger partial charge in [-0.25, -0.2) is 0 Å². The number of allylic oxidation sites excluding steroid dienone is 2. The summed E-state index contributed by atoms with van der Waals surface area (Å²) in [6.45, 7) is 2.15. The van der Waals surface area contributed by atoms with Gasteiger partial charge in [0.05, 0.1) is 12.0 Å². The normalized spacial score (nSPS) is 37.0. The molecule has 0 N–H and O–H groups in total. The predicted molar refractivity (Wildman–Crippen MR) is 53.4 cm³/mol. The van der Waals surface area contributed by atoms with E-state index in [2.05, 4.69) is 13.0 Å². The van der Waals surface area contributed by atoms with Crippen molar-refractivity contribution in [2.45, 2.75) is 39.0 Å². The third kappa shape index (κ3) is 1.28. The quantitative estimate of drug-likeness (QED) is 0.587. The first kappa shape index (κ1) is 9.45. The minimum Gasteiger partial charge on any atom is -0.295 e. The molecule has 0 spiro atoms. The average molecular weight is 189 g/mol. The van der Waals surface area contributed by atoms with Gasteiger partial charge in [0.15, 0.2) is 5.78 Å². The van der Waals surface area contributed by atoms with Crippen LogP contribution in [0, 0.1) is 22.7 Å². The number of hydrogen-bond donors (Lipinski definition) is 0. The summed E-state index contributed by atoms with van der Waals surface area (Å²) in [5, 5.41) is 9.10. The third-order valence-electron chi connectivity index (χ3n) is 3.82. The first-order valence-electron chi connectivity index (χ1n) is 5.30. The van der Waals surface area contributed by atoms with Crippen molar-refractivity contribution in [2.75, 3.05) is 0 Å². The van der Waals surface area contributed by atoms with Gasteiger partial charge < -0.3 is 0 Å². The molecule has 0 radical (unpaired) electrons. The molecule has 2 rings (SSSR count). The van der Waals surface area contributed by atoms with Crippen LogP contribution < -0.4 is 0 Å². The van der Waals surface area contributed by atoms with Gasteiger partial charge in [0.2, 0.25) is 0 Å². The van der Waals surface area contributed by atoms with Crippen LogP contribution in [0.25, 0.3) is 0 Å². The van der Waals surface area contributed by atoms with Crippen LogP contribution in [-0.2, 0) is 4.79 Å². The molecule has 2 nitrogen and oxygen atoms in total. The SMILES string of the molecule is C[C@@]12CCC(=O)C=C1CCC[C@H]2C#N. The van der Waals surface area contributed by atoms with Gasteiger partial charge in [-0.15, -0.1) is 0 Å². The second-order valence-electron chi connectivity index (χ2n) is 4.63. The summed E-state index contributed by atoms with van der Waals surface area (Å²) < 4.78 is 0. The Morgan fingerprint density at radius 2 is 2.36 bits per heavy atom. The Bertz CT molecular complexity index is 337. The smallest absolute Gasteiger partial charge is 0.155 e. The lowest BCUT2D eigenvalue weighted by molar-refractivity contribution is -0.116. The number of nitriles is 1. The second kappa shape index (κ2) is 3.24. The fourth-order valence-electron chi connectivity index (χ4n) is 2.75. The number of carbonyl (C=O) groups excluding carboxylic acids is 1. The first-order chi connectivity index (χ1) is 6.66. The van der Waals surface area contributed by atoms with Crippen molar-refractivity contribution in [1.82, 2.24) is 0 Å². The number of rotatable bonds is 0. The van der Waals surface area contributed by atoms with Gasteiger partial charge in [0.25, 0.3) is 0 Å².